The number of aliphatic carboxylic acids is 1. The zero-order valence-electron chi connectivity index (χ0n) is 8.14. The fourth-order valence-electron chi connectivity index (χ4n) is 1.05. The van der Waals surface area contributed by atoms with Crippen molar-refractivity contribution >= 4 is 5.97 Å². The highest BCUT2D eigenvalue weighted by atomic mass is 16.4. The van der Waals surface area contributed by atoms with Crippen LogP contribution < -0.4 is 5.11 Å². The van der Waals surface area contributed by atoms with Gasteiger partial charge in [0.25, 0.3) is 0 Å². The van der Waals surface area contributed by atoms with Gasteiger partial charge in [0.05, 0.1) is 5.97 Å². The summed E-state index contributed by atoms with van der Waals surface area (Å²) >= 11 is 0. The van der Waals surface area contributed by atoms with Gasteiger partial charge in [-0.3, -0.25) is 0 Å². The molecule has 0 radical (unpaired) electrons. The van der Waals surface area contributed by atoms with Crippen molar-refractivity contribution < 1.29 is 9.90 Å². The summed E-state index contributed by atoms with van der Waals surface area (Å²) in [4.78, 5) is 10.5. The smallest absolute Gasteiger partial charge is 0.0674 e. The number of carboxylic acids is 1. The molecule has 0 saturated carbocycles. The van der Waals surface area contributed by atoms with Gasteiger partial charge < -0.3 is 9.90 Å². The van der Waals surface area contributed by atoms with Gasteiger partial charge in [-0.15, -0.1) is 0 Å². The fraction of sp³-hybridized carbons (Fsp3) is 0.700. The second-order valence-electron chi connectivity index (χ2n) is 3.75. The van der Waals surface area contributed by atoms with Crippen LogP contribution in [0.25, 0.3) is 0 Å². The van der Waals surface area contributed by atoms with E-state index in [0.29, 0.717) is 0 Å². The summed E-state index contributed by atoms with van der Waals surface area (Å²) in [5.74, 6) is -1.13. The first-order valence-electron chi connectivity index (χ1n) is 4.32. The summed E-state index contributed by atoms with van der Waals surface area (Å²) < 4.78 is 0. The Morgan fingerprint density at radius 3 is 2.33 bits per heavy atom. The van der Waals surface area contributed by atoms with Crippen LogP contribution in [-0.4, -0.2) is 5.97 Å². The number of carbonyl (C=O) groups excluding carboxylic acids is 1. The van der Waals surface area contributed by atoms with Crippen molar-refractivity contribution in [2.75, 3.05) is 0 Å². The number of carboxylic acid groups (broad SMARTS) is 1. The summed E-state index contributed by atoms with van der Waals surface area (Å²) in [7, 11) is 0. The van der Waals surface area contributed by atoms with Crippen LogP contribution in [0, 0.1) is 5.41 Å². The molecule has 0 aliphatic heterocycles. The van der Waals surface area contributed by atoms with Crippen LogP contribution in [-0.2, 0) is 4.79 Å². The molecule has 0 aliphatic rings. The zero-order chi connectivity index (χ0) is 9.78. The first-order chi connectivity index (χ1) is 5.41. The minimum atomic E-state index is -1.13. The Morgan fingerprint density at radius 1 is 1.50 bits per heavy atom. The van der Waals surface area contributed by atoms with Crippen LogP contribution in [0.2, 0.25) is 0 Å². The van der Waals surface area contributed by atoms with E-state index in [0.717, 1.165) is 19.3 Å². The molecule has 0 aliphatic carbocycles. The third-order valence-electron chi connectivity index (χ3n) is 2.22. The van der Waals surface area contributed by atoms with E-state index >= 15 is 0 Å². The van der Waals surface area contributed by atoms with Crippen molar-refractivity contribution in [3.8, 4) is 0 Å². The summed E-state index contributed by atoms with van der Waals surface area (Å²) in [6.07, 6.45) is 2.96. The molecule has 12 heavy (non-hydrogen) atoms. The number of carbonyl (C=O) groups is 1. The van der Waals surface area contributed by atoms with Gasteiger partial charge in [0.15, 0.2) is 0 Å². The van der Waals surface area contributed by atoms with Gasteiger partial charge in [0.1, 0.15) is 0 Å². The Labute approximate surface area is 74.3 Å². The Bertz CT molecular complexity index is 180. The molecule has 0 aromatic carbocycles. The average Bonchev–Trinajstić information content (AvgIpc) is 1.99. The molecule has 0 amide bonds. The monoisotopic (exact) mass is 169 g/mol. The lowest BCUT2D eigenvalue weighted by Crippen LogP contribution is -2.31. The van der Waals surface area contributed by atoms with Crippen LogP contribution in [0.1, 0.15) is 40.0 Å². The van der Waals surface area contributed by atoms with Crippen molar-refractivity contribution in [2.24, 2.45) is 5.41 Å². The van der Waals surface area contributed by atoms with E-state index in [2.05, 4.69) is 13.5 Å². The van der Waals surface area contributed by atoms with Crippen LogP contribution in [0.5, 0.6) is 0 Å². The molecule has 0 bridgehead atoms. The summed E-state index contributed by atoms with van der Waals surface area (Å²) in [6, 6.07) is 0. The highest BCUT2D eigenvalue weighted by Crippen LogP contribution is 2.30. The first kappa shape index (κ1) is 11.2. The molecule has 0 aromatic rings. The molecule has 70 valence electrons. The molecule has 0 unspecified atom stereocenters. The molecule has 0 spiro atoms. The second kappa shape index (κ2) is 4.29. The van der Waals surface area contributed by atoms with Crippen molar-refractivity contribution in [3.63, 3.8) is 0 Å². The summed E-state index contributed by atoms with van der Waals surface area (Å²) in [5, 5.41) is 10.5. The fourth-order valence-corrected chi connectivity index (χ4v) is 1.05. The molecular weight excluding hydrogens is 152 g/mol. The van der Waals surface area contributed by atoms with Gasteiger partial charge in [-0.05, 0) is 17.4 Å². The number of unbranched alkanes of at least 4 members (excludes halogenated alkanes) is 1. The lowest BCUT2D eigenvalue weighted by atomic mass is 9.80. The quantitative estimate of drug-likeness (QED) is 0.585. The Hall–Kier alpha value is -0.790. The third kappa shape index (κ3) is 3.07. The number of hydrogen-bond donors (Lipinski definition) is 0. The normalized spacial score (nSPS) is 11.2. The van der Waals surface area contributed by atoms with E-state index in [1.165, 1.54) is 0 Å². The third-order valence-corrected chi connectivity index (χ3v) is 2.22. The maximum absolute atomic E-state index is 10.5. The minimum absolute atomic E-state index is 0.205. The van der Waals surface area contributed by atoms with Gasteiger partial charge >= 0.3 is 0 Å². The van der Waals surface area contributed by atoms with Gasteiger partial charge in [-0.25, -0.2) is 0 Å². The predicted molar refractivity (Wildman–Crippen MR) is 47.5 cm³/mol. The van der Waals surface area contributed by atoms with E-state index in [9.17, 15) is 9.90 Å². The average molecular weight is 169 g/mol. The molecule has 0 atom stereocenters. The molecule has 2 heteroatoms. The van der Waals surface area contributed by atoms with Gasteiger partial charge in [-0.2, -0.15) is 0 Å². The van der Waals surface area contributed by atoms with Crippen LogP contribution in [0.4, 0.5) is 0 Å². The van der Waals surface area contributed by atoms with Gasteiger partial charge in [0, 0.05) is 0 Å². The maximum Gasteiger partial charge on any atom is 0.0674 e. The molecule has 0 aromatic heterocycles. The first-order valence-corrected chi connectivity index (χ1v) is 4.32. The number of rotatable bonds is 5. The van der Waals surface area contributed by atoms with Crippen molar-refractivity contribution in [3.05, 3.63) is 12.2 Å². The molecule has 0 fully saturated rings. The van der Waals surface area contributed by atoms with Crippen LogP contribution in [0.15, 0.2) is 12.2 Å². The predicted octanol–water partition coefficient (Wildman–Crippen LogP) is 1.51. The van der Waals surface area contributed by atoms with Gasteiger partial charge in [0.2, 0.25) is 0 Å². The minimum Gasteiger partial charge on any atom is -0.545 e. The lowest BCUT2D eigenvalue weighted by Gasteiger charge is -2.27. The Kier molecular flexibility index (Phi) is 4.01. The van der Waals surface area contributed by atoms with E-state index in [4.69, 9.17) is 0 Å². The standard InChI is InChI=1S/C10H18O2/c1-5-6-7-10(3,4)8(2)9(11)12/h2,5-7H2,1,3-4H3,(H,11,12)/p-1. The Morgan fingerprint density at radius 2 is 2.00 bits per heavy atom. The molecule has 0 N–H and O–H groups in total. The highest BCUT2D eigenvalue weighted by Gasteiger charge is 2.21. The molecule has 0 heterocycles. The molecule has 0 rings (SSSR count). The summed E-state index contributed by atoms with van der Waals surface area (Å²) in [5.41, 5.74) is -0.120. The second-order valence-corrected chi connectivity index (χ2v) is 3.75. The summed E-state index contributed by atoms with van der Waals surface area (Å²) in [6.45, 7) is 9.38. The zero-order valence-corrected chi connectivity index (χ0v) is 8.14. The van der Waals surface area contributed by atoms with Crippen molar-refractivity contribution in [1.82, 2.24) is 0 Å². The van der Waals surface area contributed by atoms with E-state index in [-0.39, 0.29) is 11.0 Å². The van der Waals surface area contributed by atoms with E-state index in [1.807, 2.05) is 13.8 Å². The molecule has 0 saturated heterocycles. The van der Waals surface area contributed by atoms with Crippen LogP contribution >= 0.6 is 0 Å². The number of hydrogen-bond acceptors (Lipinski definition) is 2. The van der Waals surface area contributed by atoms with Crippen LogP contribution in [0.3, 0.4) is 0 Å². The van der Waals surface area contributed by atoms with Crippen molar-refractivity contribution in [2.45, 2.75) is 40.0 Å². The largest absolute Gasteiger partial charge is 0.545 e. The molecular formula is C10H17O2-. The molecule has 2 nitrogen and oxygen atoms in total. The van der Waals surface area contributed by atoms with E-state index < -0.39 is 5.97 Å². The Balaban J connectivity index is 4.19. The topological polar surface area (TPSA) is 40.1 Å². The van der Waals surface area contributed by atoms with Crippen molar-refractivity contribution in [1.29, 1.82) is 0 Å². The van der Waals surface area contributed by atoms with Gasteiger partial charge in [-0.1, -0.05) is 40.2 Å². The lowest BCUT2D eigenvalue weighted by molar-refractivity contribution is -0.300. The highest BCUT2D eigenvalue weighted by molar-refractivity contribution is 5.85. The SMILES string of the molecule is C=C(C(=O)[O-])C(C)(C)CCCC. The van der Waals surface area contributed by atoms with E-state index in [1.54, 1.807) is 0 Å². The maximum atomic E-state index is 10.5.